The summed E-state index contributed by atoms with van der Waals surface area (Å²) in [6, 6.07) is 0. The molecule has 0 aliphatic rings. The number of esters is 1. The zero-order valence-electron chi connectivity index (χ0n) is 7.16. The van der Waals surface area contributed by atoms with E-state index in [2.05, 4.69) is 13.2 Å². The van der Waals surface area contributed by atoms with Crippen molar-refractivity contribution in [3.05, 3.63) is 37.5 Å². The van der Waals surface area contributed by atoms with Crippen LogP contribution in [0.4, 0.5) is 0 Å². The highest BCUT2D eigenvalue weighted by molar-refractivity contribution is 5.81. The number of hydrogen-bond donors (Lipinski definition) is 0. The van der Waals surface area contributed by atoms with Crippen molar-refractivity contribution in [2.24, 2.45) is 0 Å². The fourth-order valence-electron chi connectivity index (χ4n) is 0.583. The van der Waals surface area contributed by atoms with E-state index in [-0.39, 0.29) is 12.6 Å². The van der Waals surface area contributed by atoms with Crippen LogP contribution in [0.25, 0.3) is 0 Å². The molecule has 2 heteroatoms. The lowest BCUT2D eigenvalue weighted by Crippen LogP contribution is -1.99. The summed E-state index contributed by atoms with van der Waals surface area (Å²) in [6.45, 7) is 7.26. The second-order valence-corrected chi connectivity index (χ2v) is 2.19. The van der Waals surface area contributed by atoms with Crippen LogP contribution in [0.3, 0.4) is 0 Å². The van der Waals surface area contributed by atoms with Crippen LogP contribution in [0, 0.1) is 0 Å². The Kier molecular flexibility index (Phi) is 6.94. The highest BCUT2D eigenvalue weighted by Gasteiger charge is 1.91. The van der Waals surface area contributed by atoms with Crippen molar-refractivity contribution < 1.29 is 9.53 Å². The third kappa shape index (κ3) is 6.81. The van der Waals surface area contributed by atoms with Crippen LogP contribution in [-0.2, 0) is 9.53 Å². The van der Waals surface area contributed by atoms with Gasteiger partial charge in [0, 0.05) is 6.08 Å². The summed E-state index contributed by atoms with van der Waals surface area (Å²) in [7, 11) is 0. The minimum Gasteiger partial charge on any atom is -0.458 e. The standard InChI is InChI=1S/C10H14O2/c1-3-5-6-7-8-10(11)12-9-4-2/h3-4,7-8H,1-2,5-6,9H2. The topological polar surface area (TPSA) is 26.3 Å². The maximum atomic E-state index is 10.8. The van der Waals surface area contributed by atoms with Crippen molar-refractivity contribution in [3.8, 4) is 0 Å². The summed E-state index contributed by atoms with van der Waals surface area (Å²) >= 11 is 0. The minimum absolute atomic E-state index is 0.268. The van der Waals surface area contributed by atoms with E-state index in [9.17, 15) is 4.79 Å². The molecule has 0 atom stereocenters. The first-order chi connectivity index (χ1) is 5.81. The minimum atomic E-state index is -0.320. The van der Waals surface area contributed by atoms with Crippen molar-refractivity contribution in [1.29, 1.82) is 0 Å². The number of carbonyl (C=O) groups excluding carboxylic acids is 1. The molecule has 0 rings (SSSR count). The third-order valence-corrected chi connectivity index (χ3v) is 1.13. The summed E-state index contributed by atoms with van der Waals surface area (Å²) in [6.07, 6.45) is 8.24. The Morgan fingerprint density at radius 2 is 2.00 bits per heavy atom. The van der Waals surface area contributed by atoms with Gasteiger partial charge in [-0.3, -0.25) is 0 Å². The number of ether oxygens (including phenoxy) is 1. The molecule has 66 valence electrons. The number of carbonyl (C=O) groups is 1. The Morgan fingerprint density at radius 3 is 2.58 bits per heavy atom. The molecule has 0 aliphatic carbocycles. The highest BCUT2D eigenvalue weighted by atomic mass is 16.5. The average molecular weight is 166 g/mol. The van der Waals surface area contributed by atoms with Gasteiger partial charge in [0.2, 0.25) is 0 Å². The molecular weight excluding hydrogens is 152 g/mol. The van der Waals surface area contributed by atoms with E-state index in [1.807, 2.05) is 0 Å². The molecule has 0 spiro atoms. The monoisotopic (exact) mass is 166 g/mol. The molecule has 12 heavy (non-hydrogen) atoms. The third-order valence-electron chi connectivity index (χ3n) is 1.13. The lowest BCUT2D eigenvalue weighted by Gasteiger charge is -1.94. The van der Waals surface area contributed by atoms with Crippen molar-refractivity contribution in [2.45, 2.75) is 12.8 Å². The predicted octanol–water partition coefficient (Wildman–Crippen LogP) is 2.24. The molecule has 0 aromatic heterocycles. The molecule has 0 saturated carbocycles. The molecule has 0 saturated heterocycles. The summed E-state index contributed by atoms with van der Waals surface area (Å²) in [5.41, 5.74) is 0. The summed E-state index contributed by atoms with van der Waals surface area (Å²) in [4.78, 5) is 10.8. The lowest BCUT2D eigenvalue weighted by atomic mass is 10.3. The first kappa shape index (κ1) is 10.7. The molecule has 0 radical (unpaired) electrons. The van der Waals surface area contributed by atoms with Gasteiger partial charge in [-0.05, 0) is 12.8 Å². The molecule has 0 bridgehead atoms. The predicted molar refractivity (Wildman–Crippen MR) is 49.7 cm³/mol. The van der Waals surface area contributed by atoms with Gasteiger partial charge in [-0.25, -0.2) is 4.79 Å². The van der Waals surface area contributed by atoms with Crippen molar-refractivity contribution in [3.63, 3.8) is 0 Å². The van der Waals surface area contributed by atoms with Gasteiger partial charge >= 0.3 is 5.97 Å². The van der Waals surface area contributed by atoms with Crippen molar-refractivity contribution >= 4 is 5.97 Å². The van der Waals surface area contributed by atoms with Gasteiger partial charge in [-0.15, -0.1) is 6.58 Å². The van der Waals surface area contributed by atoms with Gasteiger partial charge in [0.05, 0.1) is 0 Å². The van der Waals surface area contributed by atoms with Crippen LogP contribution in [-0.4, -0.2) is 12.6 Å². The number of allylic oxidation sites excluding steroid dienone is 2. The molecule has 0 amide bonds. The van der Waals surface area contributed by atoms with Gasteiger partial charge in [0.15, 0.2) is 0 Å². The van der Waals surface area contributed by atoms with Crippen molar-refractivity contribution in [2.75, 3.05) is 6.61 Å². The van der Waals surface area contributed by atoms with Crippen LogP contribution in [0.5, 0.6) is 0 Å². The van der Waals surface area contributed by atoms with E-state index in [0.29, 0.717) is 0 Å². The van der Waals surface area contributed by atoms with Crippen LogP contribution in [0.15, 0.2) is 37.5 Å². The van der Waals surface area contributed by atoms with E-state index < -0.39 is 0 Å². The normalized spacial score (nSPS) is 9.67. The second-order valence-electron chi connectivity index (χ2n) is 2.19. The Balaban J connectivity index is 3.46. The molecule has 0 aromatic rings. The van der Waals surface area contributed by atoms with Crippen LogP contribution >= 0.6 is 0 Å². The van der Waals surface area contributed by atoms with Crippen LogP contribution in [0.1, 0.15) is 12.8 Å². The van der Waals surface area contributed by atoms with E-state index >= 15 is 0 Å². The fourth-order valence-corrected chi connectivity index (χ4v) is 0.583. The second kappa shape index (κ2) is 7.79. The summed E-state index contributed by atoms with van der Waals surface area (Å²) in [5, 5.41) is 0. The SMILES string of the molecule is C=CCCC=CC(=O)OCC=C. The first-order valence-corrected chi connectivity index (χ1v) is 3.86. The van der Waals surface area contributed by atoms with Gasteiger partial charge in [0.25, 0.3) is 0 Å². The Hall–Kier alpha value is -1.31. The molecular formula is C10H14O2. The molecule has 0 heterocycles. The summed E-state index contributed by atoms with van der Waals surface area (Å²) < 4.78 is 4.70. The quantitative estimate of drug-likeness (QED) is 0.262. The van der Waals surface area contributed by atoms with Gasteiger partial charge < -0.3 is 4.74 Å². The van der Waals surface area contributed by atoms with E-state index in [1.54, 1.807) is 12.2 Å². The molecule has 2 nitrogen and oxygen atoms in total. The maximum absolute atomic E-state index is 10.8. The van der Waals surface area contributed by atoms with Crippen molar-refractivity contribution in [1.82, 2.24) is 0 Å². The molecule has 0 fully saturated rings. The largest absolute Gasteiger partial charge is 0.458 e. The van der Waals surface area contributed by atoms with E-state index in [4.69, 9.17) is 4.74 Å². The van der Waals surface area contributed by atoms with Gasteiger partial charge in [0.1, 0.15) is 6.61 Å². The molecule has 0 aliphatic heterocycles. The zero-order valence-corrected chi connectivity index (χ0v) is 7.16. The lowest BCUT2D eigenvalue weighted by molar-refractivity contribution is -0.136. The fraction of sp³-hybridized carbons (Fsp3) is 0.300. The van der Waals surface area contributed by atoms with Crippen LogP contribution < -0.4 is 0 Å². The number of rotatable bonds is 6. The average Bonchev–Trinajstić information content (AvgIpc) is 2.09. The maximum Gasteiger partial charge on any atom is 0.330 e. The Labute approximate surface area is 73.2 Å². The summed E-state index contributed by atoms with van der Waals surface area (Å²) in [5.74, 6) is -0.320. The molecule has 0 aromatic carbocycles. The molecule has 0 unspecified atom stereocenters. The van der Waals surface area contributed by atoms with Gasteiger partial charge in [-0.2, -0.15) is 0 Å². The Morgan fingerprint density at radius 1 is 1.25 bits per heavy atom. The Bertz CT molecular complexity index is 180. The first-order valence-electron chi connectivity index (χ1n) is 3.86. The highest BCUT2D eigenvalue weighted by Crippen LogP contribution is 1.91. The molecule has 0 N–H and O–H groups in total. The van der Waals surface area contributed by atoms with E-state index in [1.165, 1.54) is 12.2 Å². The number of hydrogen-bond acceptors (Lipinski definition) is 2. The van der Waals surface area contributed by atoms with Gasteiger partial charge in [-0.1, -0.05) is 24.8 Å². The zero-order chi connectivity index (χ0) is 9.23. The smallest absolute Gasteiger partial charge is 0.330 e. The number of unbranched alkanes of at least 4 members (excludes halogenated alkanes) is 1. The van der Waals surface area contributed by atoms with Crippen LogP contribution in [0.2, 0.25) is 0 Å². The van der Waals surface area contributed by atoms with E-state index in [0.717, 1.165) is 12.8 Å².